The highest BCUT2D eigenvalue weighted by Gasteiger charge is 2.27. The number of phenolic OH excluding ortho intramolecular Hbond substituents is 1. The molecule has 0 amide bonds. The molecule has 1 aliphatic heterocycles. The lowest BCUT2D eigenvalue weighted by atomic mass is 9.92. The number of carboxylic acid groups (broad SMARTS) is 1. The van der Waals surface area contributed by atoms with Gasteiger partial charge in [0.15, 0.2) is 0 Å². The predicted octanol–water partition coefficient (Wildman–Crippen LogP) is 4.01. The first-order valence-corrected chi connectivity index (χ1v) is 8.94. The molecular formula is C22H20N2O3. The molecule has 0 saturated heterocycles. The lowest BCUT2D eigenvalue weighted by molar-refractivity contribution is 0.0696. The molecule has 5 heteroatoms. The SMILES string of the molecule is CCN1C/C(=C\c2cccc(O)c2)c2nc3ccccc3c(C(=O)O)c2C1. The second-order valence-corrected chi connectivity index (χ2v) is 6.70. The smallest absolute Gasteiger partial charge is 0.336 e. The average Bonchev–Trinajstić information content (AvgIpc) is 2.66. The summed E-state index contributed by atoms with van der Waals surface area (Å²) < 4.78 is 0. The molecule has 0 aliphatic carbocycles. The molecule has 2 N–H and O–H groups in total. The summed E-state index contributed by atoms with van der Waals surface area (Å²) in [6.07, 6.45) is 1.98. The van der Waals surface area contributed by atoms with Crippen LogP contribution in [0.2, 0.25) is 0 Å². The highest BCUT2D eigenvalue weighted by atomic mass is 16.4. The fraction of sp³-hybridized carbons (Fsp3) is 0.182. The minimum Gasteiger partial charge on any atom is -0.508 e. The van der Waals surface area contributed by atoms with E-state index in [0.29, 0.717) is 29.6 Å². The summed E-state index contributed by atoms with van der Waals surface area (Å²) in [7, 11) is 0. The Morgan fingerprint density at radius 3 is 2.74 bits per heavy atom. The highest BCUT2D eigenvalue weighted by Crippen LogP contribution is 2.34. The van der Waals surface area contributed by atoms with E-state index in [4.69, 9.17) is 4.98 Å². The molecule has 5 nitrogen and oxygen atoms in total. The number of hydrogen-bond acceptors (Lipinski definition) is 4. The van der Waals surface area contributed by atoms with Gasteiger partial charge >= 0.3 is 5.97 Å². The Labute approximate surface area is 157 Å². The molecule has 0 fully saturated rings. The Balaban J connectivity index is 1.99. The first-order chi connectivity index (χ1) is 13.1. The van der Waals surface area contributed by atoms with Crippen molar-refractivity contribution in [3.05, 3.63) is 70.9 Å². The second-order valence-electron chi connectivity index (χ2n) is 6.70. The maximum absolute atomic E-state index is 12.1. The van der Waals surface area contributed by atoms with Crippen LogP contribution in [0.4, 0.5) is 0 Å². The van der Waals surface area contributed by atoms with Gasteiger partial charge in [0, 0.05) is 24.0 Å². The molecule has 3 aromatic rings. The van der Waals surface area contributed by atoms with Gasteiger partial charge in [0.1, 0.15) is 5.75 Å². The van der Waals surface area contributed by atoms with Gasteiger partial charge in [-0.1, -0.05) is 37.3 Å². The highest BCUT2D eigenvalue weighted by molar-refractivity contribution is 6.06. The fourth-order valence-corrected chi connectivity index (χ4v) is 3.66. The molecule has 2 aromatic carbocycles. The molecular weight excluding hydrogens is 340 g/mol. The predicted molar refractivity (Wildman–Crippen MR) is 106 cm³/mol. The first kappa shape index (κ1) is 17.2. The molecule has 0 saturated carbocycles. The maximum Gasteiger partial charge on any atom is 0.336 e. The largest absolute Gasteiger partial charge is 0.508 e. The van der Waals surface area contributed by atoms with Crippen molar-refractivity contribution in [2.75, 3.05) is 13.1 Å². The van der Waals surface area contributed by atoms with Crippen molar-refractivity contribution < 1.29 is 15.0 Å². The van der Waals surface area contributed by atoms with Gasteiger partial charge in [-0.05, 0) is 42.0 Å². The number of likely N-dealkylation sites (N-methyl/N-ethyl adjacent to an activating group) is 1. The Morgan fingerprint density at radius 1 is 1.19 bits per heavy atom. The number of aromatic hydroxyl groups is 1. The molecule has 1 aliphatic rings. The van der Waals surface area contributed by atoms with Gasteiger partial charge < -0.3 is 10.2 Å². The van der Waals surface area contributed by atoms with Crippen LogP contribution in [0, 0.1) is 0 Å². The number of aromatic carboxylic acids is 1. The van der Waals surface area contributed by atoms with E-state index in [1.165, 1.54) is 0 Å². The number of aromatic nitrogens is 1. The maximum atomic E-state index is 12.1. The van der Waals surface area contributed by atoms with E-state index in [9.17, 15) is 15.0 Å². The van der Waals surface area contributed by atoms with Crippen molar-refractivity contribution in [2.45, 2.75) is 13.5 Å². The van der Waals surface area contributed by atoms with E-state index < -0.39 is 5.97 Å². The van der Waals surface area contributed by atoms with Crippen molar-refractivity contribution in [1.29, 1.82) is 0 Å². The number of benzene rings is 2. The van der Waals surface area contributed by atoms with E-state index >= 15 is 0 Å². The van der Waals surface area contributed by atoms with Gasteiger partial charge in [-0.3, -0.25) is 4.90 Å². The summed E-state index contributed by atoms with van der Waals surface area (Å²) in [6, 6.07) is 14.4. The standard InChI is InChI=1S/C22H20N2O3/c1-2-24-12-15(10-14-6-5-7-16(25)11-14)21-18(13-24)20(22(26)27)17-8-3-4-9-19(17)23-21/h3-11,25H,2,12-13H2,1H3,(H,26,27)/b15-10+. The summed E-state index contributed by atoms with van der Waals surface area (Å²) in [5.74, 6) is -0.732. The van der Waals surface area contributed by atoms with Crippen molar-refractivity contribution in [2.24, 2.45) is 0 Å². The molecule has 0 atom stereocenters. The summed E-state index contributed by atoms with van der Waals surface area (Å²) >= 11 is 0. The minimum atomic E-state index is -0.931. The van der Waals surface area contributed by atoms with Crippen molar-refractivity contribution in [3.63, 3.8) is 0 Å². The van der Waals surface area contributed by atoms with Crippen molar-refractivity contribution in [3.8, 4) is 5.75 Å². The molecule has 4 rings (SSSR count). The van der Waals surface area contributed by atoms with Crippen LogP contribution in [0.25, 0.3) is 22.6 Å². The van der Waals surface area contributed by atoms with E-state index in [0.717, 1.165) is 28.9 Å². The molecule has 27 heavy (non-hydrogen) atoms. The quantitative estimate of drug-likeness (QED) is 0.738. The first-order valence-electron chi connectivity index (χ1n) is 8.94. The lowest BCUT2D eigenvalue weighted by Gasteiger charge is -2.30. The van der Waals surface area contributed by atoms with Crippen LogP contribution >= 0.6 is 0 Å². The monoisotopic (exact) mass is 360 g/mol. The topological polar surface area (TPSA) is 73.7 Å². The van der Waals surface area contributed by atoms with Crippen LogP contribution < -0.4 is 0 Å². The van der Waals surface area contributed by atoms with Crippen molar-refractivity contribution >= 4 is 28.5 Å². The third kappa shape index (κ3) is 3.17. The number of carbonyl (C=O) groups is 1. The normalized spacial score (nSPS) is 15.8. The second kappa shape index (κ2) is 6.85. The Bertz CT molecular complexity index is 1070. The number of carboxylic acids is 1. The van der Waals surface area contributed by atoms with Crippen molar-refractivity contribution in [1.82, 2.24) is 9.88 Å². The number of rotatable bonds is 3. The molecule has 136 valence electrons. The van der Waals surface area contributed by atoms with Crippen LogP contribution in [0.5, 0.6) is 5.75 Å². The summed E-state index contributed by atoms with van der Waals surface area (Å²) in [5.41, 5.74) is 4.31. The third-order valence-corrected chi connectivity index (χ3v) is 4.95. The van der Waals surface area contributed by atoms with E-state index in [2.05, 4.69) is 11.8 Å². The lowest BCUT2D eigenvalue weighted by Crippen LogP contribution is -2.31. The number of phenols is 1. The van der Waals surface area contributed by atoms with Crippen LogP contribution in [-0.4, -0.2) is 39.2 Å². The van der Waals surface area contributed by atoms with Gasteiger partial charge in [-0.2, -0.15) is 0 Å². The van der Waals surface area contributed by atoms with E-state index in [1.807, 2.05) is 36.4 Å². The van der Waals surface area contributed by atoms with Gasteiger partial charge in [0.2, 0.25) is 0 Å². The fourth-order valence-electron chi connectivity index (χ4n) is 3.66. The Hall–Kier alpha value is -3.18. The van der Waals surface area contributed by atoms with Crippen LogP contribution in [0.15, 0.2) is 48.5 Å². The summed E-state index contributed by atoms with van der Waals surface area (Å²) in [5, 5.41) is 20.3. The molecule has 2 heterocycles. The third-order valence-electron chi connectivity index (χ3n) is 4.95. The summed E-state index contributed by atoms with van der Waals surface area (Å²) in [4.78, 5) is 19.1. The number of nitrogens with zero attached hydrogens (tertiary/aromatic N) is 2. The number of pyridine rings is 1. The van der Waals surface area contributed by atoms with E-state index in [-0.39, 0.29) is 5.75 Å². The molecule has 0 spiro atoms. The zero-order valence-electron chi connectivity index (χ0n) is 15.0. The number of fused-ring (bicyclic) bond motifs is 2. The molecule has 0 radical (unpaired) electrons. The molecule has 1 aromatic heterocycles. The van der Waals surface area contributed by atoms with Gasteiger partial charge in [-0.25, -0.2) is 9.78 Å². The Kier molecular flexibility index (Phi) is 4.38. The van der Waals surface area contributed by atoms with Crippen LogP contribution in [0.3, 0.4) is 0 Å². The molecule has 0 bridgehead atoms. The minimum absolute atomic E-state index is 0.199. The van der Waals surface area contributed by atoms with Crippen LogP contribution in [-0.2, 0) is 6.54 Å². The number of hydrogen-bond donors (Lipinski definition) is 2. The zero-order chi connectivity index (χ0) is 19.0. The zero-order valence-corrected chi connectivity index (χ0v) is 15.0. The van der Waals surface area contributed by atoms with Gasteiger partial charge in [-0.15, -0.1) is 0 Å². The van der Waals surface area contributed by atoms with Gasteiger partial charge in [0.25, 0.3) is 0 Å². The molecule has 0 unspecified atom stereocenters. The Morgan fingerprint density at radius 2 is 2.00 bits per heavy atom. The van der Waals surface area contributed by atoms with E-state index in [1.54, 1.807) is 18.2 Å². The number of para-hydroxylation sites is 1. The summed E-state index contributed by atoms with van der Waals surface area (Å²) in [6.45, 7) is 4.11. The van der Waals surface area contributed by atoms with Gasteiger partial charge in [0.05, 0.1) is 16.8 Å². The average molecular weight is 360 g/mol. The van der Waals surface area contributed by atoms with Crippen LogP contribution in [0.1, 0.15) is 34.1 Å².